The van der Waals surface area contributed by atoms with Crippen molar-refractivity contribution in [3.05, 3.63) is 64.0 Å². The molecule has 0 bridgehead atoms. The zero-order chi connectivity index (χ0) is 20.2. The summed E-state index contributed by atoms with van der Waals surface area (Å²) < 4.78 is 3.44. The summed E-state index contributed by atoms with van der Waals surface area (Å²) in [6.07, 6.45) is 1.68. The van der Waals surface area contributed by atoms with Crippen LogP contribution in [0.15, 0.2) is 53.1 Å². The summed E-state index contributed by atoms with van der Waals surface area (Å²) >= 11 is 2.95. The van der Waals surface area contributed by atoms with Crippen molar-refractivity contribution in [1.82, 2.24) is 30.0 Å². The minimum absolute atomic E-state index is 0.140. The van der Waals surface area contributed by atoms with Crippen LogP contribution in [0.1, 0.15) is 16.0 Å². The first-order valence-corrected chi connectivity index (χ1v) is 10.8. The van der Waals surface area contributed by atoms with Gasteiger partial charge >= 0.3 is 0 Å². The third-order valence-electron chi connectivity index (χ3n) is 4.45. The molecule has 1 amide bonds. The molecule has 0 fully saturated rings. The molecule has 0 saturated heterocycles. The molecule has 8 nitrogen and oxygen atoms in total. The van der Waals surface area contributed by atoms with Crippen LogP contribution in [-0.4, -0.2) is 41.6 Å². The first kappa shape index (κ1) is 19.3. The number of nitrogens with one attached hydrogen (secondary N) is 1. The van der Waals surface area contributed by atoms with E-state index >= 15 is 0 Å². The lowest BCUT2D eigenvalue weighted by molar-refractivity contribution is -0.113. The van der Waals surface area contributed by atoms with E-state index in [1.807, 2.05) is 49.6 Å². The van der Waals surface area contributed by atoms with Crippen molar-refractivity contribution >= 4 is 34.8 Å². The topological polar surface area (TPSA) is 90.5 Å². The van der Waals surface area contributed by atoms with Crippen LogP contribution < -0.4 is 5.32 Å². The predicted octanol–water partition coefficient (Wildman–Crippen LogP) is 3.32. The molecule has 0 radical (unpaired) electrons. The highest BCUT2D eigenvalue weighted by Crippen LogP contribution is 2.22. The van der Waals surface area contributed by atoms with E-state index in [-0.39, 0.29) is 11.7 Å². The molecule has 0 aliphatic carbocycles. The van der Waals surface area contributed by atoms with Gasteiger partial charge in [-0.1, -0.05) is 30.0 Å². The maximum atomic E-state index is 12.5. The Bertz CT molecular complexity index is 1120. The highest BCUT2D eigenvalue weighted by atomic mass is 32.2. The second-order valence-electron chi connectivity index (χ2n) is 6.38. The fraction of sp³-hybridized carbons (Fsp3) is 0.211. The van der Waals surface area contributed by atoms with Gasteiger partial charge < -0.3 is 5.32 Å². The van der Waals surface area contributed by atoms with E-state index < -0.39 is 0 Å². The number of hydrogen-bond acceptors (Lipinski definition) is 7. The molecule has 0 aliphatic heterocycles. The van der Waals surface area contributed by atoms with Crippen molar-refractivity contribution in [2.45, 2.75) is 25.5 Å². The number of carbonyl (C=O) groups is 1. The summed E-state index contributed by atoms with van der Waals surface area (Å²) in [6, 6.07) is 11.8. The molecule has 0 saturated carbocycles. The number of rotatable bonds is 7. The van der Waals surface area contributed by atoms with Gasteiger partial charge in [0, 0.05) is 10.9 Å². The molecular weight excluding hydrogens is 406 g/mol. The van der Waals surface area contributed by atoms with Gasteiger partial charge in [-0.25, -0.2) is 4.68 Å². The SMILES string of the molecule is Cc1cccc(-n2nnnc2SCC(=O)Nc2ccnn2Cc2cccs2)c1C. The normalized spacial score (nSPS) is 11.0. The number of thiophene rings is 1. The Labute approximate surface area is 175 Å². The summed E-state index contributed by atoms with van der Waals surface area (Å²) in [6.45, 7) is 4.70. The molecule has 3 aromatic heterocycles. The third-order valence-corrected chi connectivity index (χ3v) is 6.23. The molecular formula is C19H19N7OS2. The summed E-state index contributed by atoms with van der Waals surface area (Å²) in [5.74, 6) is 0.714. The van der Waals surface area contributed by atoms with Gasteiger partial charge in [0.2, 0.25) is 11.1 Å². The molecule has 10 heteroatoms. The highest BCUT2D eigenvalue weighted by Gasteiger charge is 2.15. The molecule has 1 N–H and O–H groups in total. The number of aromatic nitrogens is 6. The van der Waals surface area contributed by atoms with Crippen molar-refractivity contribution in [1.29, 1.82) is 0 Å². The van der Waals surface area contributed by atoms with E-state index in [2.05, 4.69) is 25.9 Å². The van der Waals surface area contributed by atoms with E-state index in [0.29, 0.717) is 17.5 Å². The van der Waals surface area contributed by atoms with E-state index in [1.54, 1.807) is 33.0 Å². The molecule has 0 spiro atoms. The fourth-order valence-corrected chi connectivity index (χ4v) is 4.18. The predicted molar refractivity (Wildman–Crippen MR) is 114 cm³/mol. The van der Waals surface area contributed by atoms with Crippen molar-refractivity contribution < 1.29 is 4.79 Å². The van der Waals surface area contributed by atoms with Gasteiger partial charge in [0.05, 0.1) is 24.2 Å². The molecule has 4 rings (SSSR count). The van der Waals surface area contributed by atoms with E-state index in [4.69, 9.17) is 0 Å². The second kappa shape index (κ2) is 8.58. The highest BCUT2D eigenvalue weighted by molar-refractivity contribution is 7.99. The van der Waals surface area contributed by atoms with Crippen LogP contribution >= 0.6 is 23.1 Å². The van der Waals surface area contributed by atoms with Crippen LogP contribution in [0.25, 0.3) is 5.69 Å². The average Bonchev–Trinajstić information content (AvgIpc) is 3.46. The average molecular weight is 426 g/mol. The van der Waals surface area contributed by atoms with E-state index in [1.165, 1.54) is 16.6 Å². The number of carbonyl (C=O) groups excluding carboxylic acids is 1. The van der Waals surface area contributed by atoms with Gasteiger partial charge in [-0.3, -0.25) is 4.79 Å². The number of anilines is 1. The van der Waals surface area contributed by atoms with Crippen molar-refractivity contribution in [3.63, 3.8) is 0 Å². The quantitative estimate of drug-likeness (QED) is 0.457. The summed E-state index contributed by atoms with van der Waals surface area (Å²) in [7, 11) is 0. The van der Waals surface area contributed by atoms with Gasteiger partial charge in [-0.15, -0.1) is 16.4 Å². The second-order valence-corrected chi connectivity index (χ2v) is 8.36. The Kier molecular flexibility index (Phi) is 5.72. The van der Waals surface area contributed by atoms with Crippen molar-refractivity contribution in [2.24, 2.45) is 0 Å². The Hall–Kier alpha value is -2.98. The largest absolute Gasteiger partial charge is 0.310 e. The zero-order valence-corrected chi connectivity index (χ0v) is 17.6. The van der Waals surface area contributed by atoms with Crippen molar-refractivity contribution in [2.75, 3.05) is 11.1 Å². The minimum Gasteiger partial charge on any atom is -0.310 e. The summed E-state index contributed by atoms with van der Waals surface area (Å²) in [5, 5.41) is 21.7. The lowest BCUT2D eigenvalue weighted by Gasteiger charge is -2.10. The number of hydrogen-bond donors (Lipinski definition) is 1. The van der Waals surface area contributed by atoms with Crippen LogP contribution in [0.2, 0.25) is 0 Å². The molecule has 148 valence electrons. The van der Waals surface area contributed by atoms with Crippen LogP contribution in [0, 0.1) is 13.8 Å². The van der Waals surface area contributed by atoms with Gasteiger partial charge in [0.15, 0.2) is 0 Å². The van der Waals surface area contributed by atoms with Crippen LogP contribution in [0.5, 0.6) is 0 Å². The fourth-order valence-electron chi connectivity index (χ4n) is 2.81. The zero-order valence-electron chi connectivity index (χ0n) is 15.9. The number of thioether (sulfide) groups is 1. The Morgan fingerprint density at radius 2 is 2.10 bits per heavy atom. The maximum absolute atomic E-state index is 12.5. The first-order valence-electron chi connectivity index (χ1n) is 8.93. The van der Waals surface area contributed by atoms with Crippen LogP contribution in [-0.2, 0) is 11.3 Å². The molecule has 1 aromatic carbocycles. The molecule has 4 aromatic rings. The Morgan fingerprint density at radius 3 is 2.93 bits per heavy atom. The lowest BCUT2D eigenvalue weighted by atomic mass is 10.1. The Morgan fingerprint density at radius 1 is 1.21 bits per heavy atom. The minimum atomic E-state index is -0.140. The third kappa shape index (κ3) is 4.38. The van der Waals surface area contributed by atoms with Gasteiger partial charge in [0.1, 0.15) is 5.82 Å². The van der Waals surface area contributed by atoms with Crippen LogP contribution in [0.4, 0.5) is 5.82 Å². The van der Waals surface area contributed by atoms with Gasteiger partial charge in [-0.05, 0) is 52.9 Å². The van der Waals surface area contributed by atoms with Crippen molar-refractivity contribution in [3.8, 4) is 5.69 Å². The number of benzene rings is 1. The molecule has 0 unspecified atom stereocenters. The molecule has 0 aliphatic rings. The number of aryl methyl sites for hydroxylation is 1. The maximum Gasteiger partial charge on any atom is 0.235 e. The Balaban J connectivity index is 1.41. The summed E-state index contributed by atoms with van der Waals surface area (Å²) in [4.78, 5) is 13.7. The standard InChI is InChI=1S/C19H19N7OS2/c1-13-5-3-7-16(14(13)2)26-19(22-23-24-26)29-12-18(27)21-17-8-9-20-25(17)11-15-6-4-10-28-15/h3-10H,11-12H2,1-2H3,(H,21,27). The van der Waals surface area contributed by atoms with Gasteiger partial charge in [-0.2, -0.15) is 9.78 Å². The number of tetrazole rings is 1. The number of amides is 1. The first-order chi connectivity index (χ1) is 14.1. The lowest BCUT2D eigenvalue weighted by Crippen LogP contribution is -2.18. The van der Waals surface area contributed by atoms with E-state index in [9.17, 15) is 4.79 Å². The summed E-state index contributed by atoms with van der Waals surface area (Å²) in [5.41, 5.74) is 3.17. The van der Waals surface area contributed by atoms with Crippen LogP contribution in [0.3, 0.4) is 0 Å². The monoisotopic (exact) mass is 425 g/mol. The van der Waals surface area contributed by atoms with Gasteiger partial charge in [0.25, 0.3) is 0 Å². The molecule has 3 heterocycles. The molecule has 29 heavy (non-hydrogen) atoms. The number of nitrogens with zero attached hydrogens (tertiary/aromatic N) is 6. The molecule has 0 atom stereocenters. The van der Waals surface area contributed by atoms with E-state index in [0.717, 1.165) is 16.8 Å². The smallest absolute Gasteiger partial charge is 0.235 e.